The molecule has 0 aromatic carbocycles. The second-order valence-electron chi connectivity index (χ2n) is 11.9. The van der Waals surface area contributed by atoms with Gasteiger partial charge in [-0.05, 0) is 119 Å². The molecule has 0 spiro atoms. The smallest absolute Gasteiger partial charge is 0.0543 e. The summed E-state index contributed by atoms with van der Waals surface area (Å²) in [5.74, 6) is 4.45. The highest BCUT2D eigenvalue weighted by atomic mass is 16.3. The van der Waals surface area contributed by atoms with E-state index in [-0.39, 0.29) is 6.10 Å². The summed E-state index contributed by atoms with van der Waals surface area (Å²) in [7, 11) is 4.34. The molecule has 3 heteroatoms. The van der Waals surface area contributed by atoms with E-state index in [0.29, 0.717) is 16.9 Å². The molecular formula is C25H46N2O. The SMILES string of the molecule is C[C@@H](NCCN(C)C)[C@H]1CC[C@H]2[C@@H]3CC[C@H]4C[C@@H](O)CC[C@]4(C)[C@H]3CC[C@]12C. The van der Waals surface area contributed by atoms with Crippen molar-refractivity contribution in [3.8, 4) is 0 Å². The zero-order valence-corrected chi connectivity index (χ0v) is 19.2. The van der Waals surface area contributed by atoms with Crippen LogP contribution in [0.15, 0.2) is 0 Å². The number of hydrogen-bond donors (Lipinski definition) is 2. The molecule has 0 unspecified atom stereocenters. The molecule has 0 radical (unpaired) electrons. The largest absolute Gasteiger partial charge is 0.393 e. The van der Waals surface area contributed by atoms with Crippen LogP contribution in [0, 0.1) is 40.4 Å². The van der Waals surface area contributed by atoms with E-state index in [9.17, 15) is 5.11 Å². The highest BCUT2D eigenvalue weighted by Crippen LogP contribution is 2.67. The maximum Gasteiger partial charge on any atom is 0.0543 e. The van der Waals surface area contributed by atoms with E-state index in [0.717, 1.165) is 55.5 Å². The second kappa shape index (κ2) is 7.85. The molecule has 2 N–H and O–H groups in total. The standard InChI is InChI=1S/C25H46N2O/c1-17(26-14-15-27(4)5)21-8-9-22-20-7-6-18-16-19(28)10-12-24(18,2)23(20)11-13-25(21,22)3/h17-23,26,28H,6-16H2,1-5H3/t17-,18+,19+,20+,21-,22+,23+,24+,25-/m1/s1. The van der Waals surface area contributed by atoms with E-state index in [2.05, 4.69) is 45.1 Å². The molecule has 0 aromatic heterocycles. The van der Waals surface area contributed by atoms with E-state index >= 15 is 0 Å². The first-order valence-corrected chi connectivity index (χ1v) is 12.3. The average molecular weight is 391 g/mol. The van der Waals surface area contributed by atoms with E-state index in [4.69, 9.17) is 0 Å². The number of nitrogens with one attached hydrogen (secondary N) is 1. The predicted molar refractivity (Wildman–Crippen MR) is 117 cm³/mol. The Morgan fingerprint density at radius 3 is 2.43 bits per heavy atom. The number of likely N-dealkylation sites (N-methyl/N-ethyl adjacent to an activating group) is 1. The summed E-state index contributed by atoms with van der Waals surface area (Å²) in [6.45, 7) is 9.98. The Morgan fingerprint density at radius 2 is 1.68 bits per heavy atom. The number of nitrogens with zero attached hydrogens (tertiary/aromatic N) is 1. The monoisotopic (exact) mass is 390 g/mol. The summed E-state index contributed by atoms with van der Waals surface area (Å²) in [5.41, 5.74) is 1.06. The van der Waals surface area contributed by atoms with Crippen LogP contribution in [0.25, 0.3) is 0 Å². The van der Waals surface area contributed by atoms with Gasteiger partial charge < -0.3 is 15.3 Å². The van der Waals surface area contributed by atoms with Crippen LogP contribution in [0.4, 0.5) is 0 Å². The van der Waals surface area contributed by atoms with Gasteiger partial charge in [0.25, 0.3) is 0 Å². The fourth-order valence-electron chi connectivity index (χ4n) is 8.76. The molecule has 162 valence electrons. The van der Waals surface area contributed by atoms with Crippen LogP contribution >= 0.6 is 0 Å². The molecule has 0 aliphatic heterocycles. The van der Waals surface area contributed by atoms with Crippen LogP contribution in [0.5, 0.6) is 0 Å². The molecule has 0 aromatic rings. The summed E-state index contributed by atoms with van der Waals surface area (Å²) in [5, 5.41) is 14.1. The quantitative estimate of drug-likeness (QED) is 0.723. The van der Waals surface area contributed by atoms with Gasteiger partial charge >= 0.3 is 0 Å². The Labute approximate surface area is 174 Å². The zero-order chi connectivity index (χ0) is 20.1. The molecular weight excluding hydrogens is 344 g/mol. The van der Waals surface area contributed by atoms with Crippen LogP contribution in [-0.2, 0) is 0 Å². The first-order valence-electron chi connectivity index (χ1n) is 12.3. The van der Waals surface area contributed by atoms with Crippen LogP contribution < -0.4 is 5.32 Å². The lowest BCUT2D eigenvalue weighted by Crippen LogP contribution is -2.55. The maximum atomic E-state index is 10.2. The van der Waals surface area contributed by atoms with Crippen molar-refractivity contribution in [3.63, 3.8) is 0 Å². The van der Waals surface area contributed by atoms with Crippen LogP contribution in [0.1, 0.15) is 78.6 Å². The zero-order valence-electron chi connectivity index (χ0n) is 19.2. The number of aliphatic hydroxyl groups excluding tert-OH is 1. The minimum Gasteiger partial charge on any atom is -0.393 e. The first-order chi connectivity index (χ1) is 13.3. The fourth-order valence-corrected chi connectivity index (χ4v) is 8.76. The van der Waals surface area contributed by atoms with Crippen molar-refractivity contribution in [3.05, 3.63) is 0 Å². The van der Waals surface area contributed by atoms with E-state index in [1.165, 1.54) is 44.9 Å². The Bertz CT molecular complexity index is 551. The summed E-state index contributed by atoms with van der Waals surface area (Å²) >= 11 is 0. The molecule has 4 aliphatic carbocycles. The summed E-state index contributed by atoms with van der Waals surface area (Å²) in [4.78, 5) is 2.28. The molecule has 4 saturated carbocycles. The van der Waals surface area contributed by atoms with Crippen LogP contribution in [0.2, 0.25) is 0 Å². The van der Waals surface area contributed by atoms with Gasteiger partial charge in [0, 0.05) is 19.1 Å². The third kappa shape index (κ3) is 3.48. The van der Waals surface area contributed by atoms with Crippen molar-refractivity contribution >= 4 is 0 Å². The normalized spacial score (nSPS) is 49.4. The molecule has 0 bridgehead atoms. The van der Waals surface area contributed by atoms with Gasteiger partial charge in [0.1, 0.15) is 0 Å². The Kier molecular flexibility index (Phi) is 5.92. The Balaban J connectivity index is 1.46. The summed E-state index contributed by atoms with van der Waals surface area (Å²) < 4.78 is 0. The lowest BCUT2D eigenvalue weighted by atomic mass is 9.44. The third-order valence-electron chi connectivity index (χ3n) is 10.3. The number of rotatable bonds is 5. The molecule has 4 fully saturated rings. The topological polar surface area (TPSA) is 35.5 Å². The average Bonchev–Trinajstić information content (AvgIpc) is 2.99. The third-order valence-corrected chi connectivity index (χ3v) is 10.3. The van der Waals surface area contributed by atoms with Gasteiger partial charge in [-0.2, -0.15) is 0 Å². The van der Waals surface area contributed by atoms with Gasteiger partial charge in [0.05, 0.1) is 6.10 Å². The van der Waals surface area contributed by atoms with E-state index < -0.39 is 0 Å². The lowest BCUT2D eigenvalue weighted by molar-refractivity contribution is -0.127. The van der Waals surface area contributed by atoms with Crippen LogP contribution in [-0.4, -0.2) is 49.3 Å². The highest BCUT2D eigenvalue weighted by Gasteiger charge is 2.60. The van der Waals surface area contributed by atoms with Crippen molar-refractivity contribution in [2.75, 3.05) is 27.2 Å². The number of aliphatic hydroxyl groups is 1. The predicted octanol–water partition coefficient (Wildman–Crippen LogP) is 4.55. The summed E-state index contributed by atoms with van der Waals surface area (Å²) in [6, 6.07) is 0.642. The molecule has 4 rings (SSSR count). The first kappa shape index (κ1) is 21.1. The van der Waals surface area contributed by atoms with Crippen molar-refractivity contribution in [2.45, 2.75) is 90.7 Å². The van der Waals surface area contributed by atoms with Gasteiger partial charge in [0.15, 0.2) is 0 Å². The molecule has 3 nitrogen and oxygen atoms in total. The minimum atomic E-state index is -0.0200. The Hall–Kier alpha value is -0.120. The van der Waals surface area contributed by atoms with Crippen LogP contribution in [0.3, 0.4) is 0 Å². The molecule has 28 heavy (non-hydrogen) atoms. The van der Waals surface area contributed by atoms with Gasteiger partial charge in [0.2, 0.25) is 0 Å². The van der Waals surface area contributed by atoms with Crippen molar-refractivity contribution < 1.29 is 5.11 Å². The van der Waals surface area contributed by atoms with Gasteiger partial charge in [-0.3, -0.25) is 0 Å². The van der Waals surface area contributed by atoms with Gasteiger partial charge in [-0.15, -0.1) is 0 Å². The second-order valence-corrected chi connectivity index (χ2v) is 11.9. The van der Waals surface area contributed by atoms with Crippen molar-refractivity contribution in [1.29, 1.82) is 0 Å². The van der Waals surface area contributed by atoms with Crippen molar-refractivity contribution in [2.24, 2.45) is 40.4 Å². The highest BCUT2D eigenvalue weighted by molar-refractivity contribution is 5.10. The maximum absolute atomic E-state index is 10.2. The molecule has 0 amide bonds. The fraction of sp³-hybridized carbons (Fsp3) is 1.00. The van der Waals surface area contributed by atoms with E-state index in [1.54, 1.807) is 0 Å². The van der Waals surface area contributed by atoms with Gasteiger partial charge in [-0.25, -0.2) is 0 Å². The number of hydrogen-bond acceptors (Lipinski definition) is 3. The van der Waals surface area contributed by atoms with E-state index in [1.807, 2.05) is 0 Å². The molecule has 9 atom stereocenters. The molecule has 4 aliphatic rings. The van der Waals surface area contributed by atoms with Gasteiger partial charge in [-0.1, -0.05) is 13.8 Å². The number of fused-ring (bicyclic) bond motifs is 5. The molecule has 0 heterocycles. The van der Waals surface area contributed by atoms with Crippen molar-refractivity contribution in [1.82, 2.24) is 10.2 Å². The molecule has 0 saturated heterocycles. The summed E-state index contributed by atoms with van der Waals surface area (Å²) in [6.07, 6.45) is 12.0. The Morgan fingerprint density at radius 1 is 0.964 bits per heavy atom. The minimum absolute atomic E-state index is 0.0200. The lowest BCUT2D eigenvalue weighted by Gasteiger charge is -2.61.